The molecule has 5 heterocycles. The summed E-state index contributed by atoms with van der Waals surface area (Å²) in [5.74, 6) is -0.306. The molecule has 1 aromatic heterocycles. The Morgan fingerprint density at radius 1 is 0.578 bits per heavy atom. The highest BCUT2D eigenvalue weighted by atomic mass is 16.8. The van der Waals surface area contributed by atoms with Crippen molar-refractivity contribution in [3.8, 4) is 28.6 Å². The van der Waals surface area contributed by atoms with Crippen molar-refractivity contribution in [2.75, 3.05) is 26.9 Å². The van der Waals surface area contributed by atoms with E-state index in [1.807, 2.05) is 0 Å². The Bertz CT molecular complexity index is 2070. The highest BCUT2D eigenvalue weighted by Gasteiger charge is 2.55. The average Bonchev–Trinajstić information content (AvgIpc) is 3.28. The third-order valence-electron chi connectivity index (χ3n) is 11.5. The van der Waals surface area contributed by atoms with Gasteiger partial charge in [-0.15, -0.1) is 0 Å². The van der Waals surface area contributed by atoms with Crippen LogP contribution in [0.1, 0.15) is 6.92 Å². The van der Waals surface area contributed by atoms with Crippen molar-refractivity contribution in [2.45, 2.75) is 130 Å². The van der Waals surface area contributed by atoms with Gasteiger partial charge in [0.2, 0.25) is 6.29 Å². The summed E-state index contributed by atoms with van der Waals surface area (Å²) in [6, 6.07) is 9.85. The van der Waals surface area contributed by atoms with Gasteiger partial charge in [-0.3, -0.25) is 4.79 Å². The molecule has 13 N–H and O–H groups in total. The van der Waals surface area contributed by atoms with Gasteiger partial charge in [-0.05, 0) is 31.2 Å². The summed E-state index contributed by atoms with van der Waals surface area (Å²) in [5, 5.41) is 138. The molecular weight excluding hydrogens is 864 g/mol. The van der Waals surface area contributed by atoms with Crippen LogP contribution in [0.25, 0.3) is 22.3 Å². The minimum absolute atomic E-state index is 0.0840. The van der Waals surface area contributed by atoms with Crippen LogP contribution in [0, 0.1) is 0 Å². The predicted molar refractivity (Wildman–Crippen MR) is 207 cm³/mol. The zero-order chi connectivity index (χ0) is 46.3. The van der Waals surface area contributed by atoms with Gasteiger partial charge in [0.05, 0.1) is 33.0 Å². The molecule has 4 saturated heterocycles. The van der Waals surface area contributed by atoms with Crippen LogP contribution in [0.3, 0.4) is 0 Å². The topological polar surface area (TPSA) is 376 Å². The Kier molecular flexibility index (Phi) is 15.1. The van der Waals surface area contributed by atoms with E-state index in [9.17, 15) is 71.2 Å². The van der Waals surface area contributed by atoms with E-state index in [0.717, 1.165) is 12.1 Å². The number of aliphatic hydroxyl groups excluding tert-OH is 12. The smallest absolute Gasteiger partial charge is 0.229 e. The second kappa shape index (κ2) is 20.0. The number of fused-ring (bicyclic) bond motifs is 1. The largest absolute Gasteiger partial charge is 0.507 e. The van der Waals surface area contributed by atoms with Crippen LogP contribution in [0.2, 0.25) is 0 Å². The quantitative estimate of drug-likeness (QED) is 0.0762. The van der Waals surface area contributed by atoms with Gasteiger partial charge in [-0.25, -0.2) is 0 Å². The monoisotopic (exact) mass is 916 g/mol. The first-order chi connectivity index (χ1) is 30.4. The van der Waals surface area contributed by atoms with E-state index in [2.05, 4.69) is 0 Å². The molecule has 24 nitrogen and oxygen atoms in total. The lowest BCUT2D eigenvalue weighted by molar-refractivity contribution is -0.390. The van der Waals surface area contributed by atoms with Crippen LogP contribution < -0.4 is 14.9 Å². The van der Waals surface area contributed by atoms with Crippen LogP contribution in [0.15, 0.2) is 51.7 Å². The molecule has 0 unspecified atom stereocenters. The van der Waals surface area contributed by atoms with Gasteiger partial charge in [-0.1, -0.05) is 0 Å². The minimum atomic E-state index is -2.09. The molecule has 2 aromatic carbocycles. The van der Waals surface area contributed by atoms with Gasteiger partial charge >= 0.3 is 0 Å². The zero-order valence-corrected chi connectivity index (χ0v) is 34.0. The third kappa shape index (κ3) is 9.58. The molecule has 3 aromatic rings. The number of phenolic OH excluding ortho intramolecular Hbond substituents is 1. The van der Waals surface area contributed by atoms with E-state index in [-0.39, 0.29) is 22.5 Å². The van der Waals surface area contributed by atoms with Crippen molar-refractivity contribution in [1.82, 2.24) is 0 Å². The molecular formula is C40H52O24. The van der Waals surface area contributed by atoms with Gasteiger partial charge in [0.15, 0.2) is 30.4 Å². The third-order valence-corrected chi connectivity index (χ3v) is 11.5. The summed E-state index contributed by atoms with van der Waals surface area (Å²) in [6.45, 7) is -1.07. The van der Waals surface area contributed by atoms with Gasteiger partial charge in [0, 0.05) is 23.8 Å². The molecule has 4 fully saturated rings. The molecule has 0 bridgehead atoms. The maximum atomic E-state index is 13.3. The number of rotatable bonds is 13. The minimum Gasteiger partial charge on any atom is -0.507 e. The average molecular weight is 917 g/mol. The van der Waals surface area contributed by atoms with Crippen molar-refractivity contribution >= 4 is 11.0 Å². The van der Waals surface area contributed by atoms with Crippen LogP contribution >= 0.6 is 0 Å². The predicted octanol–water partition coefficient (Wildman–Crippen LogP) is -5.15. The molecule has 20 atom stereocenters. The van der Waals surface area contributed by atoms with Crippen molar-refractivity contribution < 1.29 is 113 Å². The lowest BCUT2D eigenvalue weighted by atomic mass is 9.96. The standard InChI is InChI=1S/C40H52O24/c1-13-25(45)29(49)33(53)37(57-13)56-12-23-28(48)32(52)35(64-40-36(31(51)27(47)22(11-42)61-40)63-38-34(54)30(50)26(46)21(10-41)60-38)39(62-23)58-16-7-17(43)24-18(44)9-19(59-20(24)8-16)14-3-5-15(55-2)6-4-14/h3-9,13,21-23,25-43,45-54H,10-12H2,1-2H3/t13-,21+,22+,23+,25-,26+,27+,28+,29+,30-,31-,32-,33+,34+,35+,36+,37+,38-,39+,40-/m0/s1. The first kappa shape index (κ1) is 48.2. The Balaban J connectivity index is 1.21. The van der Waals surface area contributed by atoms with Gasteiger partial charge < -0.3 is 113 Å². The number of phenols is 1. The summed E-state index contributed by atoms with van der Waals surface area (Å²) in [7, 11) is 1.47. The van der Waals surface area contributed by atoms with Gasteiger partial charge in [-0.2, -0.15) is 0 Å². The van der Waals surface area contributed by atoms with E-state index >= 15 is 0 Å². The highest BCUT2D eigenvalue weighted by Crippen LogP contribution is 2.37. The first-order valence-electron chi connectivity index (χ1n) is 20.1. The Labute approximate surface area is 362 Å². The lowest BCUT2D eigenvalue weighted by Crippen LogP contribution is -2.67. The number of methoxy groups -OCH3 is 1. The maximum Gasteiger partial charge on any atom is 0.229 e. The highest BCUT2D eigenvalue weighted by molar-refractivity contribution is 5.86. The van der Waals surface area contributed by atoms with Gasteiger partial charge in [0.1, 0.15) is 119 Å². The molecule has 0 spiro atoms. The van der Waals surface area contributed by atoms with Crippen LogP contribution in [-0.2, 0) is 33.2 Å². The van der Waals surface area contributed by atoms with Crippen molar-refractivity contribution in [2.24, 2.45) is 0 Å². The molecule has 0 radical (unpaired) electrons. The van der Waals surface area contributed by atoms with Crippen molar-refractivity contribution in [3.05, 3.63) is 52.7 Å². The summed E-state index contributed by atoms with van der Waals surface area (Å²) >= 11 is 0. The molecule has 64 heavy (non-hydrogen) atoms. The number of hydrogen-bond acceptors (Lipinski definition) is 24. The number of aromatic hydroxyl groups is 1. The second-order valence-corrected chi connectivity index (χ2v) is 15.8. The molecule has 356 valence electrons. The normalized spacial score (nSPS) is 40.6. The van der Waals surface area contributed by atoms with Crippen LogP contribution in [-0.4, -0.2) is 216 Å². The van der Waals surface area contributed by atoms with E-state index in [4.69, 9.17) is 47.0 Å². The van der Waals surface area contributed by atoms with Crippen LogP contribution in [0.5, 0.6) is 17.2 Å². The Hall–Kier alpha value is -3.71. The molecule has 4 aliphatic heterocycles. The molecule has 0 amide bonds. The van der Waals surface area contributed by atoms with Crippen molar-refractivity contribution in [1.29, 1.82) is 0 Å². The number of benzene rings is 2. The fraction of sp³-hybridized carbons (Fsp3) is 0.625. The number of hydrogen-bond donors (Lipinski definition) is 13. The lowest BCUT2D eigenvalue weighted by Gasteiger charge is -2.48. The van der Waals surface area contributed by atoms with Crippen LogP contribution in [0.4, 0.5) is 0 Å². The Morgan fingerprint density at radius 2 is 1.12 bits per heavy atom. The summed E-state index contributed by atoms with van der Waals surface area (Å²) < 4.78 is 57.4. The summed E-state index contributed by atoms with van der Waals surface area (Å²) in [6.07, 6.45) is -35.7. The fourth-order valence-corrected chi connectivity index (χ4v) is 7.77. The van der Waals surface area contributed by atoms with E-state index in [1.54, 1.807) is 24.3 Å². The first-order valence-corrected chi connectivity index (χ1v) is 20.1. The molecule has 24 heteroatoms. The SMILES string of the molecule is COc1ccc(-c2cc(=O)c3c(O)cc(O[C@@H]4O[C@H](CO[C@@H]5O[C@@H](C)[C@H](O)[C@@H](O)[C@H]5O)[C@@H](O)[C@H](O)[C@H]4O[C@@H]4O[C@H](CO)[C@@H](O)[C@H](O)[C@H]4O[C@@H]4O[C@H](CO)[C@@H](O)[C@H](O)[C@H]4O)cc3o2)cc1. The van der Waals surface area contributed by atoms with Gasteiger partial charge in [0.25, 0.3) is 0 Å². The van der Waals surface area contributed by atoms with E-state index in [1.165, 1.54) is 20.1 Å². The zero-order valence-electron chi connectivity index (χ0n) is 34.0. The Morgan fingerprint density at radius 3 is 1.77 bits per heavy atom. The molecule has 4 aliphatic rings. The number of ether oxygens (including phenoxy) is 9. The fourth-order valence-electron chi connectivity index (χ4n) is 7.77. The summed E-state index contributed by atoms with van der Waals surface area (Å²) in [4.78, 5) is 13.3. The number of aliphatic hydroxyl groups is 12. The summed E-state index contributed by atoms with van der Waals surface area (Å²) in [5.41, 5.74) is -0.369. The maximum absolute atomic E-state index is 13.3. The van der Waals surface area contributed by atoms with E-state index in [0.29, 0.717) is 11.3 Å². The molecule has 0 aliphatic carbocycles. The molecule has 7 rings (SSSR count). The molecule has 0 saturated carbocycles. The van der Waals surface area contributed by atoms with E-state index < -0.39 is 154 Å². The van der Waals surface area contributed by atoms with Crippen molar-refractivity contribution in [3.63, 3.8) is 0 Å². The second-order valence-electron chi connectivity index (χ2n) is 15.8.